The van der Waals surface area contributed by atoms with E-state index in [-0.39, 0.29) is 0 Å². The lowest BCUT2D eigenvalue weighted by Crippen LogP contribution is -2.09. The molecule has 0 bridgehead atoms. The first kappa shape index (κ1) is 15.8. The number of halogens is 1. The summed E-state index contributed by atoms with van der Waals surface area (Å²) < 4.78 is 7.59. The molecule has 0 aliphatic heterocycles. The van der Waals surface area contributed by atoms with Crippen LogP contribution in [0.3, 0.4) is 0 Å². The first-order valence-electron chi connectivity index (χ1n) is 6.71. The van der Waals surface area contributed by atoms with E-state index in [1.807, 2.05) is 42.8 Å². The van der Waals surface area contributed by atoms with Crippen molar-refractivity contribution in [1.82, 2.24) is 9.78 Å². The summed E-state index contributed by atoms with van der Waals surface area (Å²) in [5.74, 6) is 0.807. The molecule has 0 saturated carbocycles. The van der Waals surface area contributed by atoms with Gasteiger partial charge in [0.05, 0.1) is 23.0 Å². The number of hydrogen-bond donors (Lipinski definition) is 1. The van der Waals surface area contributed by atoms with Crippen molar-refractivity contribution in [2.75, 3.05) is 6.61 Å². The molecule has 4 nitrogen and oxygen atoms in total. The Morgan fingerprint density at radius 3 is 2.52 bits per heavy atom. The molecular formula is C15H18ClN3OS. The molecule has 0 spiro atoms. The minimum absolute atomic E-state index is 0.392. The van der Waals surface area contributed by atoms with Gasteiger partial charge in [-0.15, -0.1) is 0 Å². The highest BCUT2D eigenvalue weighted by Crippen LogP contribution is 2.19. The third kappa shape index (κ3) is 3.95. The molecule has 0 atom stereocenters. The van der Waals surface area contributed by atoms with Crippen molar-refractivity contribution in [1.29, 1.82) is 0 Å². The Morgan fingerprint density at radius 1 is 1.33 bits per heavy atom. The molecule has 0 radical (unpaired) electrons. The summed E-state index contributed by atoms with van der Waals surface area (Å²) in [6.07, 6.45) is 0.856. The first-order valence-corrected chi connectivity index (χ1v) is 7.50. The van der Waals surface area contributed by atoms with E-state index in [0.717, 1.165) is 40.7 Å². The molecular weight excluding hydrogens is 306 g/mol. The summed E-state index contributed by atoms with van der Waals surface area (Å²) in [5.41, 5.74) is 8.25. The van der Waals surface area contributed by atoms with E-state index < -0.39 is 0 Å². The predicted molar refractivity (Wildman–Crippen MR) is 89.2 cm³/mol. The van der Waals surface area contributed by atoms with Crippen LogP contribution in [0.1, 0.15) is 23.4 Å². The van der Waals surface area contributed by atoms with Crippen LogP contribution in [0, 0.1) is 13.8 Å². The fourth-order valence-corrected chi connectivity index (χ4v) is 2.28. The fourth-order valence-electron chi connectivity index (χ4n) is 2.01. The summed E-state index contributed by atoms with van der Waals surface area (Å²) in [6, 6.07) is 7.46. The minimum atomic E-state index is 0.392. The second-order valence-electron chi connectivity index (χ2n) is 4.80. The Hall–Kier alpha value is -1.59. The van der Waals surface area contributed by atoms with Crippen LogP contribution < -0.4 is 10.5 Å². The van der Waals surface area contributed by atoms with E-state index in [1.165, 1.54) is 0 Å². The van der Waals surface area contributed by atoms with Gasteiger partial charge in [0.25, 0.3) is 0 Å². The van der Waals surface area contributed by atoms with Crippen LogP contribution in [0.4, 0.5) is 0 Å². The van der Waals surface area contributed by atoms with E-state index in [2.05, 4.69) is 5.10 Å². The fraction of sp³-hybridized carbons (Fsp3) is 0.333. The van der Waals surface area contributed by atoms with E-state index in [0.29, 0.717) is 11.6 Å². The Kier molecular flexibility index (Phi) is 5.20. The zero-order valence-electron chi connectivity index (χ0n) is 12.1. The monoisotopic (exact) mass is 323 g/mol. The number of thiocarbonyl (C=S) groups is 1. The number of rotatable bonds is 6. The molecule has 21 heavy (non-hydrogen) atoms. The maximum Gasteiger partial charge on any atom is 0.119 e. The molecule has 6 heteroatoms. The van der Waals surface area contributed by atoms with Gasteiger partial charge in [-0.05, 0) is 38.1 Å². The van der Waals surface area contributed by atoms with Crippen molar-refractivity contribution in [3.63, 3.8) is 0 Å². The zero-order chi connectivity index (χ0) is 15.4. The third-order valence-corrected chi connectivity index (χ3v) is 4.00. The number of nitrogens with two attached hydrogens (primary N) is 1. The third-order valence-electron chi connectivity index (χ3n) is 3.22. The van der Waals surface area contributed by atoms with Crippen LogP contribution in [0.2, 0.25) is 5.02 Å². The van der Waals surface area contributed by atoms with Gasteiger partial charge in [-0.1, -0.05) is 23.8 Å². The molecule has 112 valence electrons. The smallest absolute Gasteiger partial charge is 0.119 e. The summed E-state index contributed by atoms with van der Waals surface area (Å²) in [7, 11) is 0. The molecule has 2 rings (SSSR count). The summed E-state index contributed by atoms with van der Waals surface area (Å²) in [6.45, 7) is 5.27. The Morgan fingerprint density at radius 2 is 2.00 bits per heavy atom. The molecule has 0 aliphatic carbocycles. The minimum Gasteiger partial charge on any atom is -0.494 e. The summed E-state index contributed by atoms with van der Waals surface area (Å²) in [5, 5.41) is 5.13. The van der Waals surface area contributed by atoms with Crippen molar-refractivity contribution in [2.45, 2.75) is 26.8 Å². The van der Waals surface area contributed by atoms with Crippen LogP contribution in [0.15, 0.2) is 24.3 Å². The summed E-state index contributed by atoms with van der Waals surface area (Å²) in [4.78, 5) is 0.392. The van der Waals surface area contributed by atoms with Gasteiger partial charge >= 0.3 is 0 Å². The van der Waals surface area contributed by atoms with Gasteiger partial charge in [0, 0.05) is 18.5 Å². The molecule has 0 unspecified atom stereocenters. The van der Waals surface area contributed by atoms with E-state index in [9.17, 15) is 0 Å². The van der Waals surface area contributed by atoms with Crippen molar-refractivity contribution in [3.05, 3.63) is 46.2 Å². The van der Waals surface area contributed by atoms with Crippen molar-refractivity contribution in [3.8, 4) is 5.75 Å². The number of benzene rings is 1. The zero-order valence-corrected chi connectivity index (χ0v) is 13.7. The second-order valence-corrected chi connectivity index (χ2v) is 5.62. The number of aryl methyl sites for hydroxylation is 2. The Labute approximate surface area is 134 Å². The van der Waals surface area contributed by atoms with Gasteiger partial charge in [0.15, 0.2) is 0 Å². The standard InChI is InChI=1S/C15H18ClN3OS/c1-10-14(16)11(2)19(18-10)8-3-9-20-13-6-4-12(5-7-13)15(17)21/h4-7H,3,8-9H2,1-2H3,(H2,17,21). The first-order chi connectivity index (χ1) is 9.99. The molecule has 0 saturated heterocycles. The highest BCUT2D eigenvalue weighted by Gasteiger charge is 2.08. The Balaban J connectivity index is 1.81. The average molecular weight is 324 g/mol. The van der Waals surface area contributed by atoms with Crippen molar-refractivity contribution >= 4 is 28.8 Å². The number of aromatic nitrogens is 2. The molecule has 2 aromatic rings. The number of ether oxygens (including phenoxy) is 1. The molecule has 0 aliphatic rings. The van der Waals surface area contributed by atoms with Gasteiger partial charge in [-0.25, -0.2) is 0 Å². The van der Waals surface area contributed by atoms with Gasteiger partial charge in [0.2, 0.25) is 0 Å². The van der Waals surface area contributed by atoms with Crippen LogP contribution in [-0.4, -0.2) is 21.4 Å². The van der Waals surface area contributed by atoms with E-state index in [4.69, 9.17) is 34.3 Å². The Bertz CT molecular complexity index is 637. The number of hydrogen-bond acceptors (Lipinski definition) is 3. The van der Waals surface area contributed by atoms with E-state index >= 15 is 0 Å². The topological polar surface area (TPSA) is 53.1 Å². The van der Waals surface area contributed by atoms with Crippen LogP contribution in [0.5, 0.6) is 5.75 Å². The molecule has 1 aromatic carbocycles. The van der Waals surface area contributed by atoms with Crippen molar-refractivity contribution in [2.24, 2.45) is 5.73 Å². The normalized spacial score (nSPS) is 10.6. The SMILES string of the molecule is Cc1nn(CCCOc2ccc(C(N)=S)cc2)c(C)c1Cl. The lowest BCUT2D eigenvalue weighted by molar-refractivity contribution is 0.298. The lowest BCUT2D eigenvalue weighted by Gasteiger charge is -2.08. The van der Waals surface area contributed by atoms with Crippen LogP contribution >= 0.6 is 23.8 Å². The number of nitrogens with zero attached hydrogens (tertiary/aromatic N) is 2. The molecule has 2 N–H and O–H groups in total. The van der Waals surface area contributed by atoms with Gasteiger partial charge in [-0.3, -0.25) is 4.68 Å². The highest BCUT2D eigenvalue weighted by molar-refractivity contribution is 7.80. The second kappa shape index (κ2) is 6.91. The maximum absolute atomic E-state index is 6.11. The van der Waals surface area contributed by atoms with Crippen LogP contribution in [-0.2, 0) is 6.54 Å². The highest BCUT2D eigenvalue weighted by atomic mass is 35.5. The van der Waals surface area contributed by atoms with Gasteiger partial charge in [0.1, 0.15) is 10.7 Å². The van der Waals surface area contributed by atoms with Crippen molar-refractivity contribution < 1.29 is 4.74 Å². The molecule has 1 aromatic heterocycles. The predicted octanol–water partition coefficient (Wildman–Crippen LogP) is 3.26. The maximum atomic E-state index is 6.11. The molecule has 0 fully saturated rings. The molecule has 0 amide bonds. The lowest BCUT2D eigenvalue weighted by atomic mass is 10.2. The van der Waals surface area contributed by atoms with E-state index in [1.54, 1.807) is 0 Å². The summed E-state index contributed by atoms with van der Waals surface area (Å²) >= 11 is 11.0. The quantitative estimate of drug-likeness (QED) is 0.655. The molecule has 1 heterocycles. The van der Waals surface area contributed by atoms with Gasteiger partial charge in [-0.2, -0.15) is 5.10 Å². The van der Waals surface area contributed by atoms with Crippen LogP contribution in [0.25, 0.3) is 0 Å². The van der Waals surface area contributed by atoms with Gasteiger partial charge < -0.3 is 10.5 Å². The average Bonchev–Trinajstić information content (AvgIpc) is 2.71. The largest absolute Gasteiger partial charge is 0.494 e.